The molecule has 0 amide bonds. The highest BCUT2D eigenvalue weighted by Crippen LogP contribution is 2.29. The van der Waals surface area contributed by atoms with E-state index in [4.69, 9.17) is 16.3 Å². The summed E-state index contributed by atoms with van der Waals surface area (Å²) >= 11 is 5.88. The van der Waals surface area contributed by atoms with E-state index in [0.29, 0.717) is 10.6 Å². The summed E-state index contributed by atoms with van der Waals surface area (Å²) in [5, 5.41) is 3.67. The van der Waals surface area contributed by atoms with Crippen molar-refractivity contribution in [3.8, 4) is 5.75 Å². The van der Waals surface area contributed by atoms with Crippen molar-refractivity contribution in [2.45, 2.75) is 32.5 Å². The van der Waals surface area contributed by atoms with E-state index in [9.17, 15) is 13.2 Å². The van der Waals surface area contributed by atoms with Crippen LogP contribution in [-0.4, -0.2) is 19.3 Å². The van der Waals surface area contributed by atoms with Gasteiger partial charge in [-0.1, -0.05) is 18.5 Å². The van der Waals surface area contributed by atoms with Gasteiger partial charge in [-0.25, -0.2) is 0 Å². The van der Waals surface area contributed by atoms with Crippen molar-refractivity contribution in [3.05, 3.63) is 28.8 Å². The Hall–Kier alpha value is -0.940. The Kier molecular flexibility index (Phi) is 5.94. The molecule has 1 aromatic carbocycles. The van der Waals surface area contributed by atoms with Crippen LogP contribution in [0.25, 0.3) is 0 Å². The van der Waals surface area contributed by atoms with Gasteiger partial charge in [-0.15, -0.1) is 0 Å². The zero-order valence-electron chi connectivity index (χ0n) is 10.9. The van der Waals surface area contributed by atoms with Gasteiger partial charge in [-0.05, 0) is 38.1 Å². The SMILES string of the molecule is CCCNC(C)c1cc(Cl)ccc1OCC(F)(F)F. The Morgan fingerprint density at radius 2 is 2.05 bits per heavy atom. The van der Waals surface area contributed by atoms with E-state index in [1.165, 1.54) is 12.1 Å². The van der Waals surface area contributed by atoms with Crippen LogP contribution in [0.15, 0.2) is 18.2 Å². The van der Waals surface area contributed by atoms with Crippen molar-refractivity contribution in [2.75, 3.05) is 13.2 Å². The zero-order chi connectivity index (χ0) is 14.5. The first-order chi connectivity index (χ1) is 8.83. The van der Waals surface area contributed by atoms with E-state index < -0.39 is 12.8 Å². The molecule has 1 aromatic rings. The molecule has 0 aliphatic rings. The van der Waals surface area contributed by atoms with Gasteiger partial charge in [-0.3, -0.25) is 0 Å². The maximum Gasteiger partial charge on any atom is 0.422 e. The van der Waals surface area contributed by atoms with Gasteiger partial charge in [0.2, 0.25) is 0 Å². The predicted octanol–water partition coefficient (Wildman–Crippen LogP) is 4.34. The molecular formula is C13H17ClF3NO. The number of hydrogen-bond donors (Lipinski definition) is 1. The summed E-state index contributed by atoms with van der Waals surface area (Å²) in [4.78, 5) is 0. The molecule has 0 spiro atoms. The van der Waals surface area contributed by atoms with E-state index in [1.54, 1.807) is 6.07 Å². The maximum atomic E-state index is 12.2. The highest BCUT2D eigenvalue weighted by atomic mass is 35.5. The van der Waals surface area contributed by atoms with Gasteiger partial charge < -0.3 is 10.1 Å². The summed E-state index contributed by atoms with van der Waals surface area (Å²) in [6.45, 7) is 3.34. The smallest absolute Gasteiger partial charge is 0.422 e. The van der Waals surface area contributed by atoms with Gasteiger partial charge >= 0.3 is 6.18 Å². The largest absolute Gasteiger partial charge is 0.484 e. The molecule has 108 valence electrons. The molecule has 0 heterocycles. The summed E-state index contributed by atoms with van der Waals surface area (Å²) in [7, 11) is 0. The Morgan fingerprint density at radius 3 is 2.63 bits per heavy atom. The molecule has 1 atom stereocenters. The third kappa shape index (κ3) is 5.70. The lowest BCUT2D eigenvalue weighted by atomic mass is 10.1. The average molecular weight is 296 g/mol. The fraction of sp³-hybridized carbons (Fsp3) is 0.538. The van der Waals surface area contributed by atoms with Crippen molar-refractivity contribution in [3.63, 3.8) is 0 Å². The average Bonchev–Trinajstić information content (AvgIpc) is 2.33. The highest BCUT2D eigenvalue weighted by Gasteiger charge is 2.29. The molecule has 0 bridgehead atoms. The molecule has 2 nitrogen and oxygen atoms in total. The van der Waals surface area contributed by atoms with Crippen molar-refractivity contribution in [2.24, 2.45) is 0 Å². The number of benzene rings is 1. The fourth-order valence-electron chi connectivity index (χ4n) is 1.62. The van der Waals surface area contributed by atoms with Gasteiger partial charge in [0.05, 0.1) is 0 Å². The number of nitrogens with one attached hydrogen (secondary N) is 1. The first kappa shape index (κ1) is 16.1. The molecule has 1 unspecified atom stereocenters. The third-order valence-corrected chi connectivity index (χ3v) is 2.77. The molecule has 0 radical (unpaired) electrons. The predicted molar refractivity (Wildman–Crippen MR) is 69.7 cm³/mol. The molecule has 0 aliphatic carbocycles. The van der Waals surface area contributed by atoms with Crippen LogP contribution in [0.5, 0.6) is 5.75 Å². The van der Waals surface area contributed by atoms with Gasteiger partial charge in [0.25, 0.3) is 0 Å². The number of alkyl halides is 3. The Labute approximate surface area is 115 Å². The summed E-state index contributed by atoms with van der Waals surface area (Å²) in [5.74, 6) is 0.206. The zero-order valence-corrected chi connectivity index (χ0v) is 11.6. The van der Waals surface area contributed by atoms with Crippen molar-refractivity contribution in [1.29, 1.82) is 0 Å². The lowest BCUT2D eigenvalue weighted by Gasteiger charge is -2.19. The number of hydrogen-bond acceptors (Lipinski definition) is 2. The van der Waals surface area contributed by atoms with E-state index in [0.717, 1.165) is 13.0 Å². The van der Waals surface area contributed by atoms with Gasteiger partial charge in [-0.2, -0.15) is 13.2 Å². The number of ether oxygens (including phenoxy) is 1. The highest BCUT2D eigenvalue weighted by molar-refractivity contribution is 6.30. The van der Waals surface area contributed by atoms with Crippen LogP contribution in [0.3, 0.4) is 0 Å². The molecule has 0 saturated heterocycles. The third-order valence-electron chi connectivity index (χ3n) is 2.53. The number of rotatable bonds is 6. The second-order valence-corrected chi connectivity index (χ2v) is 4.70. The Balaban J connectivity index is 2.85. The van der Waals surface area contributed by atoms with Gasteiger partial charge in [0.15, 0.2) is 6.61 Å². The number of halogens is 4. The molecule has 1 N–H and O–H groups in total. The van der Waals surface area contributed by atoms with Gasteiger partial charge in [0, 0.05) is 16.6 Å². The van der Waals surface area contributed by atoms with Crippen molar-refractivity contribution in [1.82, 2.24) is 5.32 Å². The molecule has 0 fully saturated rings. The van der Waals surface area contributed by atoms with E-state index in [2.05, 4.69) is 5.32 Å². The van der Waals surface area contributed by atoms with Crippen LogP contribution in [0.1, 0.15) is 31.9 Å². The summed E-state index contributed by atoms with van der Waals surface area (Å²) in [5.41, 5.74) is 0.630. The van der Waals surface area contributed by atoms with E-state index in [-0.39, 0.29) is 11.8 Å². The summed E-state index contributed by atoms with van der Waals surface area (Å²) in [6, 6.07) is 4.49. The Morgan fingerprint density at radius 1 is 1.37 bits per heavy atom. The van der Waals surface area contributed by atoms with Crippen LogP contribution < -0.4 is 10.1 Å². The normalized spacial score (nSPS) is 13.4. The van der Waals surface area contributed by atoms with Crippen LogP contribution in [-0.2, 0) is 0 Å². The molecule has 0 saturated carbocycles. The summed E-state index contributed by atoms with van der Waals surface area (Å²) in [6.07, 6.45) is -3.42. The lowest BCUT2D eigenvalue weighted by molar-refractivity contribution is -0.153. The van der Waals surface area contributed by atoms with E-state index in [1.807, 2.05) is 13.8 Å². The van der Waals surface area contributed by atoms with E-state index >= 15 is 0 Å². The van der Waals surface area contributed by atoms with Crippen LogP contribution in [0, 0.1) is 0 Å². The molecule has 1 rings (SSSR count). The minimum atomic E-state index is -4.35. The molecule has 6 heteroatoms. The molecular weight excluding hydrogens is 279 g/mol. The molecule has 0 aliphatic heterocycles. The minimum absolute atomic E-state index is 0.123. The monoisotopic (exact) mass is 295 g/mol. The van der Waals surface area contributed by atoms with Gasteiger partial charge in [0.1, 0.15) is 5.75 Å². The van der Waals surface area contributed by atoms with Crippen molar-refractivity contribution >= 4 is 11.6 Å². The van der Waals surface area contributed by atoms with Crippen LogP contribution >= 0.6 is 11.6 Å². The first-order valence-electron chi connectivity index (χ1n) is 6.06. The second kappa shape index (κ2) is 7.01. The minimum Gasteiger partial charge on any atom is -0.484 e. The Bertz CT molecular complexity index is 409. The summed E-state index contributed by atoms with van der Waals surface area (Å²) < 4.78 is 41.4. The van der Waals surface area contributed by atoms with Crippen LogP contribution in [0.2, 0.25) is 5.02 Å². The van der Waals surface area contributed by atoms with Crippen molar-refractivity contribution < 1.29 is 17.9 Å². The lowest BCUT2D eigenvalue weighted by Crippen LogP contribution is -2.22. The molecule has 19 heavy (non-hydrogen) atoms. The second-order valence-electron chi connectivity index (χ2n) is 4.26. The quantitative estimate of drug-likeness (QED) is 0.843. The molecule has 0 aromatic heterocycles. The maximum absolute atomic E-state index is 12.2. The van der Waals surface area contributed by atoms with Crippen LogP contribution in [0.4, 0.5) is 13.2 Å². The first-order valence-corrected chi connectivity index (χ1v) is 6.43. The fourth-order valence-corrected chi connectivity index (χ4v) is 1.80. The topological polar surface area (TPSA) is 21.3 Å². The standard InChI is InChI=1S/C13H17ClF3NO/c1-3-6-18-9(2)11-7-10(14)4-5-12(11)19-8-13(15,16)17/h4-5,7,9,18H,3,6,8H2,1-2H3.